The molecule has 4 heteroatoms. The molecule has 0 saturated heterocycles. The Balaban J connectivity index is 2.37. The van der Waals surface area contributed by atoms with E-state index in [0.29, 0.717) is 16.5 Å². The number of rotatable bonds is 1. The van der Waals surface area contributed by atoms with E-state index in [-0.39, 0.29) is 16.9 Å². The van der Waals surface area contributed by atoms with Crippen molar-refractivity contribution in [3.63, 3.8) is 0 Å². The van der Waals surface area contributed by atoms with E-state index in [1.54, 1.807) is 30.3 Å². The quantitative estimate of drug-likeness (QED) is 0.687. The molecule has 3 rings (SSSR count). The number of nitrogens with one attached hydrogen (secondary N) is 1. The molecule has 0 aliphatic rings. The van der Waals surface area contributed by atoms with Crippen molar-refractivity contribution in [2.24, 2.45) is 0 Å². The molecule has 20 heavy (non-hydrogen) atoms. The molecule has 1 N–H and O–H groups in total. The number of hydrogen-bond donors (Lipinski definition) is 1. The summed E-state index contributed by atoms with van der Waals surface area (Å²) in [5, 5.41) is 0.454. The molecule has 0 radical (unpaired) electrons. The molecular formula is C16H9FN2O. The van der Waals surface area contributed by atoms with Crippen molar-refractivity contribution >= 4 is 10.9 Å². The molecule has 0 bridgehead atoms. The van der Waals surface area contributed by atoms with Crippen molar-refractivity contribution in [2.75, 3.05) is 0 Å². The summed E-state index contributed by atoms with van der Waals surface area (Å²) in [4.78, 5) is 18.9. The Morgan fingerprint density at radius 1 is 1.15 bits per heavy atom. The van der Waals surface area contributed by atoms with E-state index in [1.807, 2.05) is 0 Å². The Bertz CT molecular complexity index is 906. The van der Waals surface area contributed by atoms with Gasteiger partial charge in [0.1, 0.15) is 11.6 Å². The largest absolute Gasteiger partial charge is 0.306 e. The Labute approximate surface area is 114 Å². The zero-order valence-electron chi connectivity index (χ0n) is 10.4. The highest BCUT2D eigenvalue weighted by Crippen LogP contribution is 2.23. The minimum absolute atomic E-state index is 0.137. The Hall–Kier alpha value is -2.93. The first-order valence-corrected chi connectivity index (χ1v) is 5.95. The van der Waals surface area contributed by atoms with Crippen molar-refractivity contribution in [1.29, 1.82) is 0 Å². The van der Waals surface area contributed by atoms with Crippen molar-refractivity contribution in [3.8, 4) is 23.7 Å². The monoisotopic (exact) mass is 264 g/mol. The summed E-state index contributed by atoms with van der Waals surface area (Å²) in [6.07, 6.45) is 5.37. The first kappa shape index (κ1) is 12.1. The van der Waals surface area contributed by atoms with Crippen LogP contribution >= 0.6 is 0 Å². The maximum absolute atomic E-state index is 14.0. The van der Waals surface area contributed by atoms with E-state index in [2.05, 4.69) is 15.9 Å². The number of terminal acetylenes is 1. The van der Waals surface area contributed by atoms with Crippen molar-refractivity contribution < 1.29 is 4.39 Å². The summed E-state index contributed by atoms with van der Waals surface area (Å²) in [7, 11) is 0. The SMILES string of the molecule is C#Cc1cccc(F)c1-c1nc2ccccc2c(=O)[nH]1. The number of H-pyrrole nitrogens is 1. The highest BCUT2D eigenvalue weighted by atomic mass is 19.1. The zero-order chi connectivity index (χ0) is 14.1. The summed E-state index contributed by atoms with van der Waals surface area (Å²) >= 11 is 0. The number of aromatic nitrogens is 2. The fraction of sp³-hybridized carbons (Fsp3) is 0. The van der Waals surface area contributed by atoms with Gasteiger partial charge in [0.25, 0.3) is 5.56 Å². The molecule has 1 aromatic heterocycles. The van der Waals surface area contributed by atoms with Crippen LogP contribution in [0, 0.1) is 18.2 Å². The van der Waals surface area contributed by atoms with E-state index in [9.17, 15) is 9.18 Å². The third-order valence-electron chi connectivity index (χ3n) is 3.02. The lowest BCUT2D eigenvalue weighted by atomic mass is 10.1. The lowest BCUT2D eigenvalue weighted by Gasteiger charge is -2.06. The highest BCUT2D eigenvalue weighted by Gasteiger charge is 2.13. The van der Waals surface area contributed by atoms with E-state index < -0.39 is 5.82 Å². The van der Waals surface area contributed by atoms with Gasteiger partial charge < -0.3 is 4.98 Å². The Morgan fingerprint density at radius 2 is 1.95 bits per heavy atom. The van der Waals surface area contributed by atoms with Gasteiger partial charge in [0, 0.05) is 5.56 Å². The molecule has 1 heterocycles. The fourth-order valence-electron chi connectivity index (χ4n) is 2.09. The minimum Gasteiger partial charge on any atom is -0.306 e. The summed E-state index contributed by atoms with van der Waals surface area (Å²) in [5.41, 5.74) is 0.663. The second-order valence-electron chi connectivity index (χ2n) is 4.24. The van der Waals surface area contributed by atoms with E-state index in [4.69, 9.17) is 6.42 Å². The smallest absolute Gasteiger partial charge is 0.259 e. The Morgan fingerprint density at radius 3 is 2.75 bits per heavy atom. The maximum atomic E-state index is 14.0. The number of para-hydroxylation sites is 1. The molecule has 0 atom stereocenters. The number of aromatic amines is 1. The minimum atomic E-state index is -0.515. The van der Waals surface area contributed by atoms with Gasteiger partial charge in [-0.1, -0.05) is 24.1 Å². The number of halogens is 1. The van der Waals surface area contributed by atoms with Gasteiger partial charge in [-0.05, 0) is 24.3 Å². The second kappa shape index (κ2) is 4.63. The molecule has 0 aliphatic heterocycles. The van der Waals surface area contributed by atoms with Crippen molar-refractivity contribution in [3.05, 3.63) is 64.2 Å². The fourth-order valence-corrected chi connectivity index (χ4v) is 2.09. The molecule has 0 saturated carbocycles. The Kier molecular flexibility index (Phi) is 2.81. The molecule has 0 spiro atoms. The third-order valence-corrected chi connectivity index (χ3v) is 3.02. The van der Waals surface area contributed by atoms with Crippen molar-refractivity contribution in [1.82, 2.24) is 9.97 Å². The van der Waals surface area contributed by atoms with E-state index >= 15 is 0 Å². The van der Waals surface area contributed by atoms with Crippen LogP contribution in [0.25, 0.3) is 22.3 Å². The molecule has 0 fully saturated rings. The third kappa shape index (κ3) is 1.86. The number of nitrogens with zero attached hydrogens (tertiary/aromatic N) is 1. The van der Waals surface area contributed by atoms with Gasteiger partial charge in [-0.25, -0.2) is 9.37 Å². The van der Waals surface area contributed by atoms with Crippen LogP contribution in [0.4, 0.5) is 4.39 Å². The van der Waals surface area contributed by atoms with Crippen molar-refractivity contribution in [2.45, 2.75) is 0 Å². The molecule has 2 aromatic carbocycles. The molecule has 0 aliphatic carbocycles. The lowest BCUT2D eigenvalue weighted by Crippen LogP contribution is -2.10. The van der Waals surface area contributed by atoms with Crippen LogP contribution in [0.5, 0.6) is 0 Å². The highest BCUT2D eigenvalue weighted by molar-refractivity contribution is 5.80. The van der Waals surface area contributed by atoms with Gasteiger partial charge in [0.15, 0.2) is 0 Å². The normalized spacial score (nSPS) is 10.4. The number of fused-ring (bicyclic) bond motifs is 1. The van der Waals surface area contributed by atoms with Gasteiger partial charge in [-0.3, -0.25) is 4.79 Å². The standard InChI is InChI=1S/C16H9FN2O/c1-2-10-6-5-8-12(17)14(10)15-18-13-9-4-3-7-11(13)16(20)19-15/h1,3-9H,(H,18,19,20). The summed E-state index contributed by atoms with van der Waals surface area (Å²) < 4.78 is 14.0. The average Bonchev–Trinajstić information content (AvgIpc) is 2.46. The number of hydrogen-bond acceptors (Lipinski definition) is 2. The zero-order valence-corrected chi connectivity index (χ0v) is 10.4. The van der Waals surface area contributed by atoms with Crippen LogP contribution < -0.4 is 5.56 Å². The van der Waals surface area contributed by atoms with E-state index in [1.165, 1.54) is 12.1 Å². The topological polar surface area (TPSA) is 45.8 Å². The van der Waals surface area contributed by atoms with Crippen LogP contribution in [0.3, 0.4) is 0 Å². The predicted molar refractivity (Wildman–Crippen MR) is 75.7 cm³/mol. The van der Waals surface area contributed by atoms with Gasteiger partial charge in [0.2, 0.25) is 0 Å². The molecule has 3 nitrogen and oxygen atoms in total. The van der Waals surface area contributed by atoms with Gasteiger partial charge in [0.05, 0.1) is 16.5 Å². The molecular weight excluding hydrogens is 255 g/mol. The summed E-state index contributed by atoms with van der Waals surface area (Å²) in [6, 6.07) is 11.3. The summed E-state index contributed by atoms with van der Waals surface area (Å²) in [5.74, 6) is 2.02. The predicted octanol–water partition coefficient (Wildman–Crippen LogP) is 2.71. The molecule has 96 valence electrons. The van der Waals surface area contributed by atoms with Gasteiger partial charge in [-0.2, -0.15) is 0 Å². The van der Waals surface area contributed by atoms with E-state index in [0.717, 1.165) is 0 Å². The van der Waals surface area contributed by atoms with Crippen LogP contribution in [-0.4, -0.2) is 9.97 Å². The first-order chi connectivity index (χ1) is 9.70. The van der Waals surface area contributed by atoms with Crippen LogP contribution in [0.15, 0.2) is 47.3 Å². The molecule has 0 unspecified atom stereocenters. The van der Waals surface area contributed by atoms with Crippen LogP contribution in [-0.2, 0) is 0 Å². The molecule has 3 aromatic rings. The van der Waals surface area contributed by atoms with Crippen LogP contribution in [0.1, 0.15) is 5.56 Å². The second-order valence-corrected chi connectivity index (χ2v) is 4.24. The molecule has 0 amide bonds. The summed E-state index contributed by atoms with van der Waals surface area (Å²) in [6.45, 7) is 0. The number of benzene rings is 2. The van der Waals surface area contributed by atoms with Gasteiger partial charge >= 0.3 is 0 Å². The average molecular weight is 264 g/mol. The van der Waals surface area contributed by atoms with Gasteiger partial charge in [-0.15, -0.1) is 6.42 Å². The lowest BCUT2D eigenvalue weighted by molar-refractivity contribution is 0.629. The van der Waals surface area contributed by atoms with Crippen LogP contribution in [0.2, 0.25) is 0 Å². The maximum Gasteiger partial charge on any atom is 0.259 e. The first-order valence-electron chi connectivity index (χ1n) is 5.95.